The van der Waals surface area contributed by atoms with E-state index in [0.717, 1.165) is 30.5 Å². The quantitative estimate of drug-likeness (QED) is 0.727. The molecule has 0 saturated carbocycles. The van der Waals surface area contributed by atoms with Crippen LogP contribution in [0.3, 0.4) is 0 Å². The first-order valence-corrected chi connectivity index (χ1v) is 8.53. The third-order valence-electron chi connectivity index (χ3n) is 4.94. The van der Waals surface area contributed by atoms with Crippen molar-refractivity contribution < 1.29 is 4.52 Å². The molecule has 1 aliphatic rings. The van der Waals surface area contributed by atoms with Crippen LogP contribution in [-0.4, -0.2) is 19.7 Å². The van der Waals surface area contributed by atoms with Crippen molar-refractivity contribution in [3.05, 3.63) is 42.0 Å². The minimum atomic E-state index is 0.356. The highest BCUT2D eigenvalue weighted by molar-refractivity contribution is 5.64. The molecule has 0 bridgehead atoms. The average Bonchev–Trinajstić information content (AvgIpc) is 3.19. The highest BCUT2D eigenvalue weighted by Gasteiger charge is 2.31. The van der Waals surface area contributed by atoms with Gasteiger partial charge in [-0.15, -0.1) is 0 Å². The van der Waals surface area contributed by atoms with E-state index in [9.17, 15) is 0 Å². The molecule has 5 nitrogen and oxygen atoms in total. The Morgan fingerprint density at radius 1 is 1.25 bits per heavy atom. The van der Waals surface area contributed by atoms with Crippen LogP contribution in [0, 0.1) is 5.41 Å². The van der Waals surface area contributed by atoms with Crippen molar-refractivity contribution in [3.63, 3.8) is 0 Å². The van der Waals surface area contributed by atoms with Crippen molar-refractivity contribution in [1.82, 2.24) is 19.7 Å². The molecule has 4 rings (SSSR count). The number of hydrogen-bond acceptors (Lipinski definition) is 4. The highest BCUT2D eigenvalue weighted by Crippen LogP contribution is 2.40. The second-order valence-corrected chi connectivity index (χ2v) is 7.25. The van der Waals surface area contributed by atoms with E-state index in [1.807, 2.05) is 12.1 Å². The van der Waals surface area contributed by atoms with Crippen LogP contribution in [0.25, 0.3) is 22.8 Å². The van der Waals surface area contributed by atoms with E-state index >= 15 is 0 Å². The molecule has 0 atom stereocenters. The van der Waals surface area contributed by atoms with Gasteiger partial charge in [-0.05, 0) is 49.3 Å². The minimum absolute atomic E-state index is 0.356. The van der Waals surface area contributed by atoms with Gasteiger partial charge in [0.05, 0.1) is 0 Å². The lowest BCUT2D eigenvalue weighted by molar-refractivity contribution is 0.306. The third kappa shape index (κ3) is 2.54. The van der Waals surface area contributed by atoms with Gasteiger partial charge in [-0.25, -0.2) is 0 Å². The molecule has 3 heterocycles. The summed E-state index contributed by atoms with van der Waals surface area (Å²) in [6, 6.07) is 3.76. The Balaban J connectivity index is 1.76. The maximum atomic E-state index is 5.48. The highest BCUT2D eigenvalue weighted by atomic mass is 16.5. The smallest absolute Gasteiger partial charge is 0.258 e. The van der Waals surface area contributed by atoms with Crippen molar-refractivity contribution in [2.24, 2.45) is 5.41 Å². The second kappa shape index (κ2) is 5.58. The fourth-order valence-electron chi connectivity index (χ4n) is 3.55. The maximum absolute atomic E-state index is 5.48. The Morgan fingerprint density at radius 3 is 2.79 bits per heavy atom. The zero-order valence-electron chi connectivity index (χ0n) is 14.4. The summed E-state index contributed by atoms with van der Waals surface area (Å²) in [7, 11) is 0. The predicted molar refractivity (Wildman–Crippen MR) is 92.4 cm³/mol. The molecule has 3 aromatic rings. The zero-order chi connectivity index (χ0) is 16.7. The van der Waals surface area contributed by atoms with E-state index in [-0.39, 0.29) is 0 Å². The lowest BCUT2D eigenvalue weighted by Crippen LogP contribution is -2.23. The first kappa shape index (κ1) is 15.1. The molecule has 24 heavy (non-hydrogen) atoms. The van der Waals surface area contributed by atoms with Crippen molar-refractivity contribution in [3.8, 4) is 22.8 Å². The van der Waals surface area contributed by atoms with Crippen molar-refractivity contribution >= 4 is 0 Å². The number of aromatic nitrogens is 4. The maximum Gasteiger partial charge on any atom is 0.258 e. The van der Waals surface area contributed by atoms with Crippen LogP contribution in [0.15, 0.2) is 35.2 Å². The lowest BCUT2D eigenvalue weighted by Gasteiger charge is -2.30. The van der Waals surface area contributed by atoms with E-state index < -0.39 is 0 Å². The van der Waals surface area contributed by atoms with Crippen LogP contribution >= 0.6 is 0 Å². The molecule has 0 aromatic carbocycles. The summed E-state index contributed by atoms with van der Waals surface area (Å²) in [4.78, 5) is 8.65. The molecule has 0 N–H and O–H groups in total. The molecule has 0 saturated heterocycles. The van der Waals surface area contributed by atoms with Gasteiger partial charge in [-0.3, -0.25) is 4.98 Å². The van der Waals surface area contributed by atoms with Gasteiger partial charge < -0.3 is 9.09 Å². The normalized spacial score (nSPS) is 16.1. The van der Waals surface area contributed by atoms with Crippen LogP contribution in [0.1, 0.15) is 38.4 Å². The van der Waals surface area contributed by atoms with Crippen LogP contribution in [0.2, 0.25) is 0 Å². The lowest BCUT2D eigenvalue weighted by atomic mass is 9.76. The third-order valence-corrected chi connectivity index (χ3v) is 4.94. The molecule has 124 valence electrons. The molecule has 0 aliphatic heterocycles. The van der Waals surface area contributed by atoms with Crippen LogP contribution in [-0.2, 0) is 19.4 Å². The minimum Gasteiger partial charge on any atom is -0.351 e. The monoisotopic (exact) mass is 322 g/mol. The SMILES string of the molecule is CCn1cc(-c2noc(-c3ccncc3)n2)c2c1CC(C)(C)CC2. The molecule has 0 unspecified atom stereocenters. The number of aryl methyl sites for hydroxylation is 1. The Morgan fingerprint density at radius 2 is 2.04 bits per heavy atom. The predicted octanol–water partition coefficient (Wildman–Crippen LogP) is 4.13. The van der Waals surface area contributed by atoms with Gasteiger partial charge in [0.25, 0.3) is 5.89 Å². The average molecular weight is 322 g/mol. The van der Waals surface area contributed by atoms with Crippen LogP contribution in [0.5, 0.6) is 0 Å². The van der Waals surface area contributed by atoms with E-state index in [2.05, 4.69) is 46.7 Å². The summed E-state index contributed by atoms with van der Waals surface area (Å²) >= 11 is 0. The summed E-state index contributed by atoms with van der Waals surface area (Å²) < 4.78 is 7.82. The number of rotatable bonds is 3. The van der Waals surface area contributed by atoms with Gasteiger partial charge in [0.2, 0.25) is 5.82 Å². The van der Waals surface area contributed by atoms with Gasteiger partial charge in [0.15, 0.2) is 0 Å². The fraction of sp³-hybridized carbons (Fsp3) is 0.421. The van der Waals surface area contributed by atoms with E-state index in [1.165, 1.54) is 17.7 Å². The standard InChI is InChI=1S/C19H22N4O/c1-4-23-12-15(14-5-8-19(2,3)11-16(14)23)17-21-18(24-22-17)13-6-9-20-10-7-13/h6-7,9-10,12H,4-5,8,11H2,1-3H3. The van der Waals surface area contributed by atoms with E-state index in [1.54, 1.807) is 12.4 Å². The zero-order valence-corrected chi connectivity index (χ0v) is 14.4. The fourth-order valence-corrected chi connectivity index (χ4v) is 3.55. The Kier molecular flexibility index (Phi) is 3.52. The van der Waals surface area contributed by atoms with Gasteiger partial charge in [-0.2, -0.15) is 4.98 Å². The summed E-state index contributed by atoms with van der Waals surface area (Å²) in [5.74, 6) is 1.23. The molecule has 0 radical (unpaired) electrons. The molecule has 0 amide bonds. The summed E-state index contributed by atoms with van der Waals surface area (Å²) in [5, 5.41) is 4.24. The topological polar surface area (TPSA) is 56.7 Å². The molecule has 0 fully saturated rings. The summed E-state index contributed by atoms with van der Waals surface area (Å²) in [6.07, 6.45) is 9.02. The van der Waals surface area contributed by atoms with Gasteiger partial charge in [-0.1, -0.05) is 19.0 Å². The Hall–Kier alpha value is -2.43. The molecular weight excluding hydrogens is 300 g/mol. The first-order chi connectivity index (χ1) is 11.6. The van der Waals surface area contributed by atoms with Crippen molar-refractivity contribution in [1.29, 1.82) is 0 Å². The second-order valence-electron chi connectivity index (χ2n) is 7.25. The van der Waals surface area contributed by atoms with Crippen molar-refractivity contribution in [2.45, 2.75) is 46.6 Å². The molecular formula is C19H22N4O. The van der Waals surface area contributed by atoms with E-state index in [0.29, 0.717) is 17.1 Å². The van der Waals surface area contributed by atoms with Crippen molar-refractivity contribution in [2.75, 3.05) is 0 Å². The first-order valence-electron chi connectivity index (χ1n) is 8.53. The van der Waals surface area contributed by atoms with Gasteiger partial charge in [0.1, 0.15) is 0 Å². The summed E-state index contributed by atoms with van der Waals surface area (Å²) in [6.45, 7) is 7.84. The summed E-state index contributed by atoms with van der Waals surface area (Å²) in [5.41, 5.74) is 5.19. The largest absolute Gasteiger partial charge is 0.351 e. The molecule has 3 aromatic heterocycles. The van der Waals surface area contributed by atoms with Crippen LogP contribution in [0.4, 0.5) is 0 Å². The van der Waals surface area contributed by atoms with Gasteiger partial charge in [0, 0.05) is 42.0 Å². The number of nitrogens with zero attached hydrogens (tertiary/aromatic N) is 4. The number of fused-ring (bicyclic) bond motifs is 1. The van der Waals surface area contributed by atoms with Crippen LogP contribution < -0.4 is 0 Å². The molecule has 5 heteroatoms. The van der Waals surface area contributed by atoms with E-state index in [4.69, 9.17) is 4.52 Å². The number of pyridine rings is 1. The van der Waals surface area contributed by atoms with Gasteiger partial charge >= 0.3 is 0 Å². The molecule has 1 aliphatic carbocycles. The number of hydrogen-bond donors (Lipinski definition) is 0. The molecule has 0 spiro atoms. The Labute approximate surface area is 141 Å². The Bertz CT molecular complexity index is 861.